The highest BCUT2D eigenvalue weighted by Crippen LogP contribution is 2.49. The number of nitrogens with one attached hydrogen (secondary N) is 2. The molecule has 11 nitrogen and oxygen atoms in total. The van der Waals surface area contributed by atoms with Gasteiger partial charge in [0.1, 0.15) is 11.7 Å². The first-order valence-corrected chi connectivity index (χ1v) is 27.4. The van der Waals surface area contributed by atoms with E-state index in [0.717, 1.165) is 57.8 Å². The van der Waals surface area contributed by atoms with Gasteiger partial charge >= 0.3 is 19.9 Å². The van der Waals surface area contributed by atoms with Gasteiger partial charge in [-0.2, -0.15) is 0 Å². The van der Waals surface area contributed by atoms with Crippen LogP contribution in [0.1, 0.15) is 253 Å². The first-order valence-electron chi connectivity index (χ1n) is 26.0. The number of ether oxygens (including phenoxy) is 2. The number of carbonyl (C=O) groups excluding carboxylic acids is 3. The Kier molecular flexibility index (Phi) is 41.4. The standard InChI is InChI=1S/C51H99N2O9P/c1-8-12-15-18-21-23-25-26-28-31-34-40-48(54)53-46(45-60-63(57,58-43-11-4)59-44-42-52-50(56)62-51(5,6)7)37-36-39-47(38-33-30-20-17-14-10-3)61-49(55)41-35-32-29-27-24-22-19-16-13-9-2/h11,46-47H,4,8-10,12-45H2,1-3,5-7H3,(H,52,56)(H,53,54). The van der Waals surface area contributed by atoms with Crippen molar-refractivity contribution >= 4 is 25.8 Å². The zero-order valence-electron chi connectivity index (χ0n) is 41.7. The van der Waals surface area contributed by atoms with E-state index >= 15 is 0 Å². The second-order valence-corrected chi connectivity index (χ2v) is 20.3. The summed E-state index contributed by atoms with van der Waals surface area (Å²) >= 11 is 0. The largest absolute Gasteiger partial charge is 0.475 e. The summed E-state index contributed by atoms with van der Waals surface area (Å²) in [6, 6.07) is -0.466. The number of rotatable bonds is 46. The minimum absolute atomic E-state index is 0.0245. The number of alkyl carbamates (subject to hydrolysis) is 1. The molecule has 3 unspecified atom stereocenters. The normalized spacial score (nSPS) is 13.6. The molecule has 0 aliphatic carbocycles. The molecule has 0 aromatic heterocycles. The Labute approximate surface area is 387 Å². The van der Waals surface area contributed by atoms with Crippen molar-refractivity contribution in [3.8, 4) is 0 Å². The zero-order valence-corrected chi connectivity index (χ0v) is 42.6. The molecule has 12 heteroatoms. The fourth-order valence-corrected chi connectivity index (χ4v) is 8.71. The highest BCUT2D eigenvalue weighted by Gasteiger charge is 2.29. The molecule has 2 amide bonds. The van der Waals surface area contributed by atoms with E-state index in [2.05, 4.69) is 38.0 Å². The third kappa shape index (κ3) is 42.5. The highest BCUT2D eigenvalue weighted by molar-refractivity contribution is 7.48. The molecule has 0 saturated heterocycles. The second kappa shape index (κ2) is 42.7. The minimum atomic E-state index is -4.09. The van der Waals surface area contributed by atoms with Gasteiger partial charge in [0.05, 0.1) is 25.9 Å². The molecule has 372 valence electrons. The average molecular weight is 915 g/mol. The van der Waals surface area contributed by atoms with E-state index in [0.29, 0.717) is 32.1 Å². The maximum Gasteiger partial charge on any atom is 0.475 e. The summed E-state index contributed by atoms with van der Waals surface area (Å²) in [5.74, 6) is -0.195. The summed E-state index contributed by atoms with van der Waals surface area (Å²) < 4.78 is 42.0. The van der Waals surface area contributed by atoms with E-state index in [9.17, 15) is 18.9 Å². The molecule has 2 N–H and O–H groups in total. The maximum absolute atomic E-state index is 13.7. The SMILES string of the molecule is C=CCOP(=O)(OCCNC(=O)OC(C)(C)C)OCC(CCCC(CCCCCCCC)OC(=O)CCCCCCCCCCCC)NC(=O)CCCCCCCCCCCCC. The van der Waals surface area contributed by atoms with Gasteiger partial charge in [-0.3, -0.25) is 23.2 Å². The van der Waals surface area contributed by atoms with Gasteiger partial charge < -0.3 is 20.1 Å². The number of unbranched alkanes of at least 4 members (excludes halogenated alkanes) is 24. The number of carbonyl (C=O) groups is 3. The number of amides is 2. The van der Waals surface area contributed by atoms with Gasteiger partial charge in [-0.05, 0) is 65.7 Å². The first-order chi connectivity index (χ1) is 30.4. The van der Waals surface area contributed by atoms with Crippen LogP contribution in [0.3, 0.4) is 0 Å². The number of phosphoric acid groups is 1. The summed E-state index contributed by atoms with van der Waals surface area (Å²) in [6.07, 6.45) is 36.6. The van der Waals surface area contributed by atoms with Crippen LogP contribution in [0.2, 0.25) is 0 Å². The lowest BCUT2D eigenvalue weighted by atomic mass is 10.0. The van der Waals surface area contributed by atoms with E-state index in [-0.39, 0.29) is 44.3 Å². The quantitative estimate of drug-likeness (QED) is 0.0264. The number of hydrogen-bond donors (Lipinski definition) is 2. The van der Waals surface area contributed by atoms with Crippen LogP contribution in [0.4, 0.5) is 4.79 Å². The molecule has 0 aliphatic heterocycles. The van der Waals surface area contributed by atoms with Crippen LogP contribution in [0, 0.1) is 0 Å². The summed E-state index contributed by atoms with van der Waals surface area (Å²) in [6.45, 7) is 15.4. The van der Waals surface area contributed by atoms with Crippen LogP contribution in [0.15, 0.2) is 12.7 Å². The topological polar surface area (TPSA) is 138 Å². The van der Waals surface area contributed by atoms with Crippen molar-refractivity contribution in [3.05, 3.63) is 12.7 Å². The molecular formula is C51H99N2O9P. The van der Waals surface area contributed by atoms with E-state index in [1.807, 2.05) is 0 Å². The molecule has 0 bridgehead atoms. The van der Waals surface area contributed by atoms with Gasteiger partial charge in [-0.1, -0.05) is 181 Å². The Hall–Kier alpha value is -1.94. The smallest absolute Gasteiger partial charge is 0.462 e. The van der Waals surface area contributed by atoms with Crippen molar-refractivity contribution in [1.82, 2.24) is 10.6 Å². The molecule has 0 heterocycles. The van der Waals surface area contributed by atoms with E-state index in [4.69, 9.17) is 23.0 Å². The van der Waals surface area contributed by atoms with Crippen molar-refractivity contribution in [2.45, 2.75) is 271 Å². The summed E-state index contributed by atoms with van der Waals surface area (Å²) in [4.78, 5) is 38.4. The van der Waals surface area contributed by atoms with Crippen LogP contribution < -0.4 is 10.6 Å². The predicted molar refractivity (Wildman–Crippen MR) is 261 cm³/mol. The number of phosphoric ester groups is 1. The van der Waals surface area contributed by atoms with Crippen LogP contribution in [0.25, 0.3) is 0 Å². The van der Waals surface area contributed by atoms with Crippen LogP contribution in [0.5, 0.6) is 0 Å². The van der Waals surface area contributed by atoms with Gasteiger partial charge in [0.2, 0.25) is 5.91 Å². The van der Waals surface area contributed by atoms with Gasteiger partial charge in [-0.15, -0.1) is 6.58 Å². The molecule has 0 rings (SSSR count). The molecule has 0 radical (unpaired) electrons. The van der Waals surface area contributed by atoms with Crippen molar-refractivity contribution in [3.63, 3.8) is 0 Å². The van der Waals surface area contributed by atoms with Crippen LogP contribution in [-0.4, -0.2) is 62.1 Å². The molecule has 0 aromatic carbocycles. The lowest BCUT2D eigenvalue weighted by Gasteiger charge is -2.24. The summed E-state index contributed by atoms with van der Waals surface area (Å²) in [7, 11) is -4.09. The average Bonchev–Trinajstić information content (AvgIpc) is 3.24. The van der Waals surface area contributed by atoms with E-state index in [1.54, 1.807) is 20.8 Å². The Balaban J connectivity index is 5.43. The molecule has 0 aromatic rings. The Morgan fingerprint density at radius 2 is 1.05 bits per heavy atom. The Morgan fingerprint density at radius 1 is 0.587 bits per heavy atom. The molecule has 0 saturated carbocycles. The molecule has 0 spiro atoms. The maximum atomic E-state index is 13.7. The van der Waals surface area contributed by atoms with E-state index in [1.165, 1.54) is 128 Å². The van der Waals surface area contributed by atoms with Crippen LogP contribution in [-0.2, 0) is 37.2 Å². The molecule has 3 atom stereocenters. The minimum Gasteiger partial charge on any atom is -0.462 e. The van der Waals surface area contributed by atoms with Crippen LogP contribution >= 0.6 is 7.82 Å². The summed E-state index contributed by atoms with van der Waals surface area (Å²) in [5.41, 5.74) is -0.661. The zero-order chi connectivity index (χ0) is 46.7. The van der Waals surface area contributed by atoms with Crippen molar-refractivity contribution in [2.24, 2.45) is 0 Å². The fraction of sp³-hybridized carbons (Fsp3) is 0.902. The van der Waals surface area contributed by atoms with Gasteiger partial charge in [0.15, 0.2) is 0 Å². The third-order valence-electron chi connectivity index (χ3n) is 11.2. The van der Waals surface area contributed by atoms with Gasteiger partial charge in [0, 0.05) is 19.4 Å². The fourth-order valence-electron chi connectivity index (χ4n) is 7.52. The lowest BCUT2D eigenvalue weighted by molar-refractivity contribution is -0.150. The van der Waals surface area contributed by atoms with E-state index < -0.39 is 25.6 Å². The van der Waals surface area contributed by atoms with Gasteiger partial charge in [0.25, 0.3) is 0 Å². The van der Waals surface area contributed by atoms with Gasteiger partial charge in [-0.25, -0.2) is 9.36 Å². The Morgan fingerprint density at radius 3 is 1.54 bits per heavy atom. The second-order valence-electron chi connectivity index (χ2n) is 18.7. The van der Waals surface area contributed by atoms with Crippen molar-refractivity contribution in [1.29, 1.82) is 0 Å². The lowest BCUT2D eigenvalue weighted by Crippen LogP contribution is -2.38. The first kappa shape index (κ1) is 61.1. The molecule has 0 aliphatic rings. The third-order valence-corrected chi connectivity index (χ3v) is 12.6. The Bertz CT molecular complexity index is 1150. The molecule has 63 heavy (non-hydrogen) atoms. The number of hydrogen-bond acceptors (Lipinski definition) is 9. The van der Waals surface area contributed by atoms with Crippen molar-refractivity contribution in [2.75, 3.05) is 26.4 Å². The predicted octanol–water partition coefficient (Wildman–Crippen LogP) is 15.2. The molecular weight excluding hydrogens is 816 g/mol. The summed E-state index contributed by atoms with van der Waals surface area (Å²) in [5, 5.41) is 5.72. The van der Waals surface area contributed by atoms with Crippen molar-refractivity contribution < 1.29 is 42.0 Å². The number of esters is 1. The molecule has 0 fully saturated rings. The monoisotopic (exact) mass is 915 g/mol. The highest BCUT2D eigenvalue weighted by atomic mass is 31.2.